The maximum Gasteiger partial charge on any atom is 0.311 e. The highest BCUT2D eigenvalue weighted by molar-refractivity contribution is 7.86. The number of anilines is 1. The van der Waals surface area contributed by atoms with E-state index in [1.54, 1.807) is 13.0 Å². The predicted molar refractivity (Wildman–Crippen MR) is 73.5 cm³/mol. The van der Waals surface area contributed by atoms with E-state index in [0.29, 0.717) is 5.56 Å². The van der Waals surface area contributed by atoms with Crippen LogP contribution in [0, 0.1) is 12.8 Å². The van der Waals surface area contributed by atoms with Crippen molar-refractivity contribution in [2.75, 3.05) is 18.6 Å². The van der Waals surface area contributed by atoms with Crippen LogP contribution < -0.4 is 4.90 Å². The lowest BCUT2D eigenvalue weighted by molar-refractivity contribution is -0.145. The third kappa shape index (κ3) is 3.06. The smallest absolute Gasteiger partial charge is 0.311 e. The Labute approximate surface area is 122 Å². The number of carbonyl (C=O) groups is 2. The monoisotopic (exact) mass is 313 g/mol. The van der Waals surface area contributed by atoms with Crippen molar-refractivity contribution < 1.29 is 27.3 Å². The van der Waals surface area contributed by atoms with Gasteiger partial charge in [-0.25, -0.2) is 0 Å². The molecule has 1 N–H and O–H groups in total. The number of methoxy groups -OCH3 is 1. The third-order valence-electron chi connectivity index (χ3n) is 3.34. The van der Waals surface area contributed by atoms with Crippen LogP contribution in [0.1, 0.15) is 12.0 Å². The van der Waals surface area contributed by atoms with Gasteiger partial charge >= 0.3 is 5.97 Å². The summed E-state index contributed by atoms with van der Waals surface area (Å²) in [5.74, 6) is -1.55. The molecule has 2 rings (SSSR count). The second-order valence-electron chi connectivity index (χ2n) is 4.87. The summed E-state index contributed by atoms with van der Waals surface area (Å²) in [6, 6.07) is 4.35. The van der Waals surface area contributed by atoms with Crippen LogP contribution in [0.5, 0.6) is 0 Å². The molecule has 0 bridgehead atoms. The molecule has 0 aromatic heterocycles. The van der Waals surface area contributed by atoms with Gasteiger partial charge in [-0.1, -0.05) is 6.07 Å². The van der Waals surface area contributed by atoms with E-state index in [1.165, 1.54) is 24.1 Å². The van der Waals surface area contributed by atoms with Gasteiger partial charge in [0, 0.05) is 13.0 Å². The fraction of sp³-hybridized carbons (Fsp3) is 0.385. The van der Waals surface area contributed by atoms with E-state index in [-0.39, 0.29) is 29.5 Å². The van der Waals surface area contributed by atoms with Crippen LogP contribution in [0.15, 0.2) is 23.1 Å². The predicted octanol–water partition coefficient (Wildman–Crippen LogP) is 0.768. The minimum atomic E-state index is -4.47. The van der Waals surface area contributed by atoms with E-state index < -0.39 is 22.0 Å². The van der Waals surface area contributed by atoms with Crippen molar-refractivity contribution in [3.63, 3.8) is 0 Å². The van der Waals surface area contributed by atoms with Gasteiger partial charge in [0.1, 0.15) is 4.90 Å². The first-order valence-corrected chi connectivity index (χ1v) is 7.64. The number of benzene rings is 1. The molecule has 1 aliphatic heterocycles. The second kappa shape index (κ2) is 5.45. The third-order valence-corrected chi connectivity index (χ3v) is 4.23. The van der Waals surface area contributed by atoms with Gasteiger partial charge in [0.15, 0.2) is 0 Å². The highest BCUT2D eigenvalue weighted by Crippen LogP contribution is 2.31. The number of aryl methyl sites for hydroxylation is 1. The lowest BCUT2D eigenvalue weighted by Crippen LogP contribution is -2.27. The summed E-state index contributed by atoms with van der Waals surface area (Å²) in [6.45, 7) is 1.69. The van der Waals surface area contributed by atoms with Crippen molar-refractivity contribution in [2.45, 2.75) is 18.2 Å². The Balaban J connectivity index is 2.44. The molecule has 0 radical (unpaired) electrons. The van der Waals surface area contributed by atoms with Gasteiger partial charge in [0.25, 0.3) is 10.1 Å². The topological polar surface area (TPSA) is 101 Å². The molecule has 8 heteroatoms. The SMILES string of the molecule is COC(=O)C1CC(=O)N(c2ccc(C)cc2S(=O)(=O)O)C1. The molecule has 1 atom stereocenters. The molecule has 1 aromatic rings. The summed E-state index contributed by atoms with van der Waals surface area (Å²) >= 11 is 0. The average Bonchev–Trinajstić information content (AvgIpc) is 2.79. The van der Waals surface area contributed by atoms with Crippen LogP contribution in [0.4, 0.5) is 5.69 Å². The Bertz CT molecular complexity index is 697. The number of hydrogen-bond donors (Lipinski definition) is 1. The molecule has 21 heavy (non-hydrogen) atoms. The van der Waals surface area contributed by atoms with Crippen molar-refractivity contribution in [3.8, 4) is 0 Å². The summed E-state index contributed by atoms with van der Waals surface area (Å²) < 4.78 is 36.8. The molecule has 0 spiro atoms. The summed E-state index contributed by atoms with van der Waals surface area (Å²) in [7, 11) is -3.24. The van der Waals surface area contributed by atoms with Crippen LogP contribution in [0.25, 0.3) is 0 Å². The molecule has 1 unspecified atom stereocenters. The summed E-state index contributed by atoms with van der Waals surface area (Å²) in [5.41, 5.74) is 0.696. The largest absolute Gasteiger partial charge is 0.469 e. The molecule has 1 heterocycles. The molecular formula is C13H15NO6S. The van der Waals surface area contributed by atoms with E-state index in [1.807, 2.05) is 0 Å². The molecule has 0 saturated carbocycles. The fourth-order valence-corrected chi connectivity index (χ4v) is 3.09. The highest BCUT2D eigenvalue weighted by Gasteiger charge is 2.37. The first-order valence-electron chi connectivity index (χ1n) is 6.20. The van der Waals surface area contributed by atoms with Crippen molar-refractivity contribution in [1.29, 1.82) is 0 Å². The van der Waals surface area contributed by atoms with Crippen LogP contribution in [0.3, 0.4) is 0 Å². The summed E-state index contributed by atoms with van der Waals surface area (Å²) in [4.78, 5) is 24.4. The van der Waals surface area contributed by atoms with Crippen LogP contribution in [-0.2, 0) is 24.4 Å². The molecular weight excluding hydrogens is 298 g/mol. The molecule has 1 amide bonds. The Hall–Kier alpha value is -1.93. The van der Waals surface area contributed by atoms with E-state index >= 15 is 0 Å². The number of nitrogens with zero attached hydrogens (tertiary/aromatic N) is 1. The molecule has 1 saturated heterocycles. The highest BCUT2D eigenvalue weighted by atomic mass is 32.2. The molecule has 1 aromatic carbocycles. The van der Waals surface area contributed by atoms with Crippen molar-refractivity contribution in [3.05, 3.63) is 23.8 Å². The van der Waals surface area contributed by atoms with Crippen LogP contribution >= 0.6 is 0 Å². The number of hydrogen-bond acceptors (Lipinski definition) is 5. The zero-order valence-corrected chi connectivity index (χ0v) is 12.4. The number of carbonyl (C=O) groups excluding carboxylic acids is 2. The quantitative estimate of drug-likeness (QED) is 0.653. The number of amides is 1. The second-order valence-corrected chi connectivity index (χ2v) is 6.26. The molecule has 1 aliphatic rings. The number of ether oxygens (including phenoxy) is 1. The Morgan fingerprint density at radius 2 is 2.10 bits per heavy atom. The van der Waals surface area contributed by atoms with Crippen molar-refractivity contribution in [2.24, 2.45) is 5.92 Å². The standard InChI is InChI=1S/C13H15NO6S/c1-8-3-4-10(11(5-8)21(17,18)19)14-7-9(6-12(14)15)13(16)20-2/h3-5,9H,6-7H2,1-2H3,(H,17,18,19). The van der Waals surface area contributed by atoms with E-state index in [9.17, 15) is 22.6 Å². The molecule has 114 valence electrons. The van der Waals surface area contributed by atoms with Gasteiger partial charge in [0.05, 0.1) is 18.7 Å². The maximum atomic E-state index is 12.0. The normalized spacial score (nSPS) is 18.9. The van der Waals surface area contributed by atoms with E-state index in [4.69, 9.17) is 0 Å². The van der Waals surface area contributed by atoms with Crippen LogP contribution in [-0.4, -0.2) is 38.5 Å². The van der Waals surface area contributed by atoms with E-state index in [0.717, 1.165) is 0 Å². The first-order chi connectivity index (χ1) is 9.74. The first kappa shape index (κ1) is 15.5. The molecule has 1 fully saturated rings. The Kier molecular flexibility index (Phi) is 4.02. The van der Waals surface area contributed by atoms with Gasteiger partial charge < -0.3 is 9.64 Å². The van der Waals surface area contributed by atoms with Crippen LogP contribution in [0.2, 0.25) is 0 Å². The number of esters is 1. The van der Waals surface area contributed by atoms with Gasteiger partial charge in [-0.3, -0.25) is 14.1 Å². The van der Waals surface area contributed by atoms with Crippen molar-refractivity contribution in [1.82, 2.24) is 0 Å². The lowest BCUT2D eigenvalue weighted by Gasteiger charge is -2.19. The fourth-order valence-electron chi connectivity index (χ4n) is 2.32. The average molecular weight is 313 g/mol. The summed E-state index contributed by atoms with van der Waals surface area (Å²) in [5, 5.41) is 0. The Morgan fingerprint density at radius 1 is 1.43 bits per heavy atom. The minimum Gasteiger partial charge on any atom is -0.469 e. The van der Waals surface area contributed by atoms with Gasteiger partial charge in [-0.05, 0) is 24.6 Å². The zero-order chi connectivity index (χ0) is 15.8. The van der Waals surface area contributed by atoms with Gasteiger partial charge in [-0.2, -0.15) is 8.42 Å². The number of rotatable bonds is 3. The Morgan fingerprint density at radius 3 is 2.67 bits per heavy atom. The molecule has 7 nitrogen and oxygen atoms in total. The minimum absolute atomic E-state index is 0.0249. The lowest BCUT2D eigenvalue weighted by atomic mass is 10.1. The summed E-state index contributed by atoms with van der Waals surface area (Å²) in [6.07, 6.45) is -0.0501. The van der Waals surface area contributed by atoms with E-state index in [2.05, 4.69) is 4.74 Å². The molecule has 0 aliphatic carbocycles. The maximum absolute atomic E-state index is 12.0. The van der Waals surface area contributed by atoms with Gasteiger partial charge in [0.2, 0.25) is 5.91 Å². The van der Waals surface area contributed by atoms with Gasteiger partial charge in [-0.15, -0.1) is 0 Å². The zero-order valence-electron chi connectivity index (χ0n) is 11.6. The van der Waals surface area contributed by atoms with Crippen molar-refractivity contribution >= 4 is 27.7 Å².